The summed E-state index contributed by atoms with van der Waals surface area (Å²) < 4.78 is 51.0. The monoisotopic (exact) mass is 523 g/mol. The maximum atomic E-state index is 13.3. The van der Waals surface area contributed by atoms with Crippen molar-refractivity contribution < 1.29 is 32.5 Å². The normalized spacial score (nSPS) is 20.3. The van der Waals surface area contributed by atoms with Crippen molar-refractivity contribution in [2.75, 3.05) is 30.4 Å². The Balaban J connectivity index is 1.31. The number of carbonyl (C=O) groups excluding carboxylic acids is 1. The number of anilines is 2. The van der Waals surface area contributed by atoms with Gasteiger partial charge < -0.3 is 30.1 Å². The lowest BCUT2D eigenvalue weighted by Gasteiger charge is -2.30. The highest BCUT2D eigenvalue weighted by Gasteiger charge is 2.33. The topological polar surface area (TPSA) is 109 Å². The molecule has 2 heterocycles. The van der Waals surface area contributed by atoms with Crippen LogP contribution in [0.1, 0.15) is 56.1 Å². The minimum atomic E-state index is -4.64. The third-order valence-electron chi connectivity index (χ3n) is 6.67. The molecular weight excluding hydrogens is 491 g/mol. The van der Waals surface area contributed by atoms with Gasteiger partial charge in [0, 0.05) is 37.0 Å². The Bertz CT molecular complexity index is 1070. The molecule has 1 saturated heterocycles. The first-order chi connectivity index (χ1) is 17.8. The van der Waals surface area contributed by atoms with E-state index >= 15 is 0 Å². The van der Waals surface area contributed by atoms with Gasteiger partial charge in [-0.15, -0.1) is 0 Å². The van der Waals surface area contributed by atoms with Gasteiger partial charge >= 0.3 is 12.2 Å². The van der Waals surface area contributed by atoms with Crippen LogP contribution in [-0.4, -0.2) is 53.5 Å². The largest absolute Gasteiger partial charge is 0.494 e. The van der Waals surface area contributed by atoms with Gasteiger partial charge in [-0.2, -0.15) is 18.2 Å². The number of nitrogens with zero attached hydrogens (tertiary/aromatic N) is 3. The number of ether oxygens (including phenoxy) is 2. The molecule has 4 rings (SSSR count). The highest BCUT2D eigenvalue weighted by molar-refractivity contribution is 5.91. The van der Waals surface area contributed by atoms with Crippen LogP contribution in [0.4, 0.5) is 29.6 Å². The molecule has 1 saturated carbocycles. The van der Waals surface area contributed by atoms with Crippen molar-refractivity contribution in [3.63, 3.8) is 0 Å². The molecule has 0 radical (unpaired) electrons. The molecule has 3 N–H and O–H groups in total. The molecule has 0 spiro atoms. The molecule has 1 aromatic carbocycles. The van der Waals surface area contributed by atoms with Crippen molar-refractivity contribution >= 4 is 17.7 Å². The van der Waals surface area contributed by atoms with Gasteiger partial charge in [0.25, 0.3) is 0 Å². The quantitative estimate of drug-likeness (QED) is 0.490. The standard InChI is InChI=1S/C25H32F3N5O4/c1-36-22-16(15-34)13-17(25(26,27)28)14-20(22)31-24(35)30-18-5-7-19(8-6-18)37-21-9-10-29-23(32-21)33-11-3-2-4-12-33/h9-10,13-14,18-19,34H,2-8,11-12,15H2,1H3,(H2,30,31,35). The van der Waals surface area contributed by atoms with E-state index in [1.807, 2.05) is 0 Å². The summed E-state index contributed by atoms with van der Waals surface area (Å²) in [5.41, 5.74) is -1.22. The number of aromatic nitrogens is 2. The van der Waals surface area contributed by atoms with Gasteiger partial charge in [-0.1, -0.05) is 0 Å². The zero-order valence-corrected chi connectivity index (χ0v) is 20.7. The molecular formula is C25H32F3N5O4. The van der Waals surface area contributed by atoms with E-state index in [1.165, 1.54) is 13.5 Å². The maximum Gasteiger partial charge on any atom is 0.416 e. The molecule has 9 nitrogen and oxygen atoms in total. The summed E-state index contributed by atoms with van der Waals surface area (Å²) >= 11 is 0. The molecule has 202 valence electrons. The number of amides is 2. The Labute approximate surface area is 213 Å². The SMILES string of the molecule is COc1c(CO)cc(C(F)(F)F)cc1NC(=O)NC1CCC(Oc2ccnc(N3CCCCC3)n2)CC1. The first-order valence-corrected chi connectivity index (χ1v) is 12.5. The van der Waals surface area contributed by atoms with E-state index in [9.17, 15) is 23.1 Å². The number of methoxy groups -OCH3 is 1. The van der Waals surface area contributed by atoms with E-state index < -0.39 is 24.4 Å². The average molecular weight is 524 g/mol. The van der Waals surface area contributed by atoms with Crippen molar-refractivity contribution in [1.82, 2.24) is 15.3 Å². The number of hydrogen-bond acceptors (Lipinski definition) is 7. The number of aliphatic hydroxyl groups is 1. The molecule has 1 aliphatic carbocycles. The van der Waals surface area contributed by atoms with Gasteiger partial charge in [0.05, 0.1) is 25.0 Å². The van der Waals surface area contributed by atoms with Crippen molar-refractivity contribution in [3.8, 4) is 11.6 Å². The van der Waals surface area contributed by atoms with Crippen LogP contribution in [-0.2, 0) is 12.8 Å². The Kier molecular flexibility index (Phi) is 8.57. The second-order valence-electron chi connectivity index (χ2n) is 9.30. The van der Waals surface area contributed by atoms with Crippen LogP contribution in [0.5, 0.6) is 11.6 Å². The molecule has 0 atom stereocenters. The molecule has 12 heteroatoms. The van der Waals surface area contributed by atoms with Gasteiger partial charge in [-0.3, -0.25) is 0 Å². The summed E-state index contributed by atoms with van der Waals surface area (Å²) in [5, 5.41) is 14.7. The van der Waals surface area contributed by atoms with Crippen LogP contribution in [0.3, 0.4) is 0 Å². The molecule has 1 aliphatic heterocycles. The van der Waals surface area contributed by atoms with Crippen molar-refractivity contribution in [2.24, 2.45) is 0 Å². The predicted molar refractivity (Wildman–Crippen MR) is 131 cm³/mol. The fourth-order valence-electron chi connectivity index (χ4n) is 4.79. The van der Waals surface area contributed by atoms with Crippen LogP contribution >= 0.6 is 0 Å². The molecule has 2 aliphatic rings. The van der Waals surface area contributed by atoms with Gasteiger partial charge in [-0.05, 0) is 57.1 Å². The minimum Gasteiger partial charge on any atom is -0.494 e. The van der Waals surface area contributed by atoms with Crippen molar-refractivity contribution in [1.29, 1.82) is 0 Å². The summed E-state index contributed by atoms with van der Waals surface area (Å²) in [4.78, 5) is 23.7. The van der Waals surface area contributed by atoms with Crippen LogP contribution in [0.25, 0.3) is 0 Å². The number of rotatable bonds is 7. The van der Waals surface area contributed by atoms with E-state index in [0.717, 1.165) is 38.1 Å². The molecule has 1 aromatic heterocycles. The molecule has 2 aromatic rings. The van der Waals surface area contributed by atoms with E-state index in [4.69, 9.17) is 9.47 Å². The molecule has 0 bridgehead atoms. The van der Waals surface area contributed by atoms with Crippen LogP contribution < -0.4 is 25.0 Å². The lowest BCUT2D eigenvalue weighted by Crippen LogP contribution is -2.41. The summed E-state index contributed by atoms with van der Waals surface area (Å²) in [6, 6.07) is 2.53. The zero-order valence-electron chi connectivity index (χ0n) is 20.7. The van der Waals surface area contributed by atoms with Gasteiger partial charge in [0.15, 0.2) is 0 Å². The molecule has 37 heavy (non-hydrogen) atoms. The predicted octanol–water partition coefficient (Wildman–Crippen LogP) is 4.50. The highest BCUT2D eigenvalue weighted by Crippen LogP contribution is 2.38. The van der Waals surface area contributed by atoms with E-state index in [0.29, 0.717) is 37.5 Å². The summed E-state index contributed by atoms with van der Waals surface area (Å²) in [6.07, 6.45) is 3.15. The first-order valence-electron chi connectivity index (χ1n) is 12.5. The smallest absolute Gasteiger partial charge is 0.416 e. The second-order valence-corrected chi connectivity index (χ2v) is 9.30. The lowest BCUT2D eigenvalue weighted by atomic mass is 9.93. The summed E-state index contributed by atoms with van der Waals surface area (Å²) in [7, 11) is 1.26. The fraction of sp³-hybridized carbons (Fsp3) is 0.560. The fourth-order valence-corrected chi connectivity index (χ4v) is 4.79. The summed E-state index contributed by atoms with van der Waals surface area (Å²) in [6.45, 7) is 1.21. The minimum absolute atomic E-state index is 0.0171. The lowest BCUT2D eigenvalue weighted by molar-refractivity contribution is -0.137. The number of hydrogen-bond donors (Lipinski definition) is 3. The molecule has 0 unspecified atom stereocenters. The number of benzene rings is 1. The maximum absolute atomic E-state index is 13.3. The van der Waals surface area contributed by atoms with Gasteiger partial charge in [0.2, 0.25) is 11.8 Å². The first kappa shape index (κ1) is 26.8. The zero-order chi connectivity index (χ0) is 26.4. The average Bonchev–Trinajstić information content (AvgIpc) is 2.89. The van der Waals surface area contributed by atoms with E-state index in [1.54, 1.807) is 12.3 Å². The Hall–Kier alpha value is -3.28. The Morgan fingerprint density at radius 3 is 2.54 bits per heavy atom. The van der Waals surface area contributed by atoms with Gasteiger partial charge in [-0.25, -0.2) is 9.78 Å². The Morgan fingerprint density at radius 1 is 1.16 bits per heavy atom. The van der Waals surface area contributed by atoms with Crippen LogP contribution in [0.15, 0.2) is 24.4 Å². The van der Waals surface area contributed by atoms with Crippen LogP contribution in [0.2, 0.25) is 0 Å². The molecule has 2 amide bonds. The number of urea groups is 1. The number of halogens is 3. The summed E-state index contributed by atoms with van der Waals surface area (Å²) in [5.74, 6) is 1.19. The van der Waals surface area contributed by atoms with E-state index in [2.05, 4.69) is 25.5 Å². The van der Waals surface area contributed by atoms with Crippen molar-refractivity contribution in [2.45, 2.75) is 69.9 Å². The van der Waals surface area contributed by atoms with Gasteiger partial charge in [0.1, 0.15) is 11.9 Å². The molecule has 2 fully saturated rings. The number of carbonyl (C=O) groups is 1. The highest BCUT2D eigenvalue weighted by atomic mass is 19.4. The number of alkyl halides is 3. The van der Waals surface area contributed by atoms with E-state index in [-0.39, 0.29) is 29.1 Å². The third kappa shape index (κ3) is 6.94. The third-order valence-corrected chi connectivity index (χ3v) is 6.67. The van der Waals surface area contributed by atoms with Crippen LogP contribution in [0, 0.1) is 0 Å². The number of piperidine rings is 1. The van der Waals surface area contributed by atoms with Crippen molar-refractivity contribution in [3.05, 3.63) is 35.5 Å². The number of aliphatic hydroxyl groups excluding tert-OH is 1. The Morgan fingerprint density at radius 2 is 1.89 bits per heavy atom. The second kappa shape index (κ2) is 11.8. The number of nitrogens with one attached hydrogen (secondary N) is 2.